The maximum atomic E-state index is 10.3. The van der Waals surface area contributed by atoms with Gasteiger partial charge in [0.1, 0.15) is 0 Å². The molecule has 2 aromatic rings. The molecule has 21 heavy (non-hydrogen) atoms. The van der Waals surface area contributed by atoms with Crippen molar-refractivity contribution >= 4 is 23.7 Å². The molecule has 4 N–H and O–H groups in total. The van der Waals surface area contributed by atoms with Crippen LogP contribution in [-0.4, -0.2) is 27.1 Å². The number of nitrogens with zero attached hydrogens (tertiary/aromatic N) is 1. The molecule has 6 heteroatoms. The molecule has 0 atom stereocenters. The topological polar surface area (TPSA) is 114 Å². The van der Waals surface area contributed by atoms with Crippen LogP contribution in [0.2, 0.25) is 0 Å². The number of carbonyl (C=O) groups is 2. The fourth-order valence-electron chi connectivity index (χ4n) is 1.27. The van der Waals surface area contributed by atoms with Crippen molar-refractivity contribution in [1.82, 2.24) is 4.98 Å². The highest BCUT2D eigenvalue weighted by Crippen LogP contribution is 2.04. The van der Waals surface area contributed by atoms with Crippen LogP contribution in [0.3, 0.4) is 0 Å². The number of pyridine rings is 1. The normalized spacial score (nSPS) is 9.71. The van der Waals surface area contributed by atoms with E-state index in [2.05, 4.69) is 4.98 Å². The first-order valence-corrected chi connectivity index (χ1v) is 5.89. The number of carboxylic acids is 2. The minimum absolute atomic E-state index is 0.259. The van der Waals surface area contributed by atoms with Gasteiger partial charge in [-0.3, -0.25) is 4.98 Å². The summed E-state index contributed by atoms with van der Waals surface area (Å²) in [5.41, 5.74) is 6.95. The number of carboxylic acid groups (broad SMARTS) is 2. The van der Waals surface area contributed by atoms with Gasteiger partial charge in [-0.1, -0.05) is 6.07 Å². The minimum atomic E-state index is -0.950. The molecule has 0 amide bonds. The Balaban J connectivity index is 0.000000211. The predicted molar refractivity (Wildman–Crippen MR) is 78.7 cm³/mol. The molecule has 108 valence electrons. The van der Waals surface area contributed by atoms with Crippen LogP contribution in [0.4, 0.5) is 5.69 Å². The molecule has 2 rings (SSSR count). The Morgan fingerprint density at radius 3 is 2.24 bits per heavy atom. The van der Waals surface area contributed by atoms with Crippen LogP contribution in [-0.2, 0) is 4.79 Å². The van der Waals surface area contributed by atoms with Gasteiger partial charge < -0.3 is 15.9 Å². The van der Waals surface area contributed by atoms with E-state index >= 15 is 0 Å². The van der Waals surface area contributed by atoms with Crippen LogP contribution < -0.4 is 5.73 Å². The third-order valence-corrected chi connectivity index (χ3v) is 2.26. The van der Waals surface area contributed by atoms with Crippen molar-refractivity contribution in [1.29, 1.82) is 0 Å². The van der Waals surface area contributed by atoms with Crippen LogP contribution >= 0.6 is 0 Å². The summed E-state index contributed by atoms with van der Waals surface area (Å²) in [5, 5.41) is 16.7. The highest BCUT2D eigenvalue weighted by Gasteiger charge is 1.98. The maximum absolute atomic E-state index is 10.3. The van der Waals surface area contributed by atoms with Crippen LogP contribution in [0, 0.1) is 0 Å². The molecular weight excluding hydrogens is 272 g/mol. The quantitative estimate of drug-likeness (QED) is 0.588. The summed E-state index contributed by atoms with van der Waals surface area (Å²) in [6.07, 6.45) is 5.81. The largest absolute Gasteiger partial charge is 0.478 e. The molecule has 0 aliphatic rings. The fourth-order valence-corrected chi connectivity index (χ4v) is 1.27. The van der Waals surface area contributed by atoms with Gasteiger partial charge in [0, 0.05) is 24.2 Å². The summed E-state index contributed by atoms with van der Waals surface area (Å²) in [7, 11) is 0. The Kier molecular flexibility index (Phi) is 6.14. The minimum Gasteiger partial charge on any atom is -0.478 e. The molecule has 0 bridgehead atoms. The van der Waals surface area contributed by atoms with Crippen LogP contribution in [0.5, 0.6) is 0 Å². The monoisotopic (exact) mass is 286 g/mol. The van der Waals surface area contributed by atoms with E-state index in [1.807, 2.05) is 0 Å². The molecule has 0 radical (unpaired) electrons. The third-order valence-electron chi connectivity index (χ3n) is 2.26. The maximum Gasteiger partial charge on any atom is 0.335 e. The van der Waals surface area contributed by atoms with Gasteiger partial charge in [-0.25, -0.2) is 9.59 Å². The third kappa shape index (κ3) is 6.53. The Bertz CT molecular complexity index is 622. The number of benzene rings is 1. The number of aromatic nitrogens is 1. The van der Waals surface area contributed by atoms with Gasteiger partial charge in [-0.05, 0) is 42.0 Å². The second kappa shape index (κ2) is 8.11. The fraction of sp³-hybridized carbons (Fsp3) is 0. The van der Waals surface area contributed by atoms with E-state index in [0.717, 1.165) is 11.6 Å². The SMILES string of the molecule is Nc1ccc(C(=O)O)cc1.O=C(O)C=Cc1cccnc1. The summed E-state index contributed by atoms with van der Waals surface area (Å²) in [6.45, 7) is 0. The first-order valence-electron chi connectivity index (χ1n) is 5.89. The molecule has 1 aromatic carbocycles. The number of nitrogens with two attached hydrogens (primary N) is 1. The lowest BCUT2D eigenvalue weighted by Gasteiger charge is -1.93. The number of hydrogen-bond acceptors (Lipinski definition) is 4. The van der Waals surface area contributed by atoms with E-state index < -0.39 is 11.9 Å². The smallest absolute Gasteiger partial charge is 0.335 e. The number of aliphatic carboxylic acids is 1. The summed E-state index contributed by atoms with van der Waals surface area (Å²) >= 11 is 0. The molecule has 6 nitrogen and oxygen atoms in total. The zero-order valence-corrected chi connectivity index (χ0v) is 11.0. The Labute approximate surface area is 121 Å². The van der Waals surface area contributed by atoms with Gasteiger partial charge in [0.2, 0.25) is 0 Å². The van der Waals surface area contributed by atoms with Crippen molar-refractivity contribution < 1.29 is 19.8 Å². The highest BCUT2D eigenvalue weighted by atomic mass is 16.4. The highest BCUT2D eigenvalue weighted by molar-refractivity contribution is 5.87. The standard InChI is InChI=1S/C8H7NO2.C7H7NO2/c10-8(11)4-3-7-2-1-5-9-6-7;8-6-3-1-5(2-4-6)7(9)10/h1-6H,(H,10,11);1-4H,8H2,(H,9,10). The van der Waals surface area contributed by atoms with Gasteiger partial charge >= 0.3 is 11.9 Å². The molecular formula is C15H14N2O4. The van der Waals surface area contributed by atoms with Crippen molar-refractivity contribution in [3.05, 3.63) is 66.0 Å². The van der Waals surface area contributed by atoms with Gasteiger partial charge in [-0.15, -0.1) is 0 Å². The molecule has 0 saturated heterocycles. The van der Waals surface area contributed by atoms with E-state index in [-0.39, 0.29) is 5.56 Å². The van der Waals surface area contributed by atoms with Crippen LogP contribution in [0.15, 0.2) is 54.9 Å². The van der Waals surface area contributed by atoms with E-state index in [0.29, 0.717) is 5.69 Å². The van der Waals surface area contributed by atoms with Gasteiger partial charge in [0.15, 0.2) is 0 Å². The summed E-state index contributed by atoms with van der Waals surface area (Å²) in [6, 6.07) is 9.59. The molecule has 1 aromatic heterocycles. The lowest BCUT2D eigenvalue weighted by molar-refractivity contribution is -0.131. The average molecular weight is 286 g/mol. The molecule has 0 unspecified atom stereocenters. The number of anilines is 1. The second-order valence-electron chi connectivity index (χ2n) is 3.89. The zero-order chi connectivity index (χ0) is 15.7. The molecule has 0 saturated carbocycles. The molecule has 1 heterocycles. The van der Waals surface area contributed by atoms with Gasteiger partial charge in [0.05, 0.1) is 5.56 Å². The lowest BCUT2D eigenvalue weighted by atomic mass is 10.2. The van der Waals surface area contributed by atoms with E-state index in [1.54, 1.807) is 36.7 Å². The van der Waals surface area contributed by atoms with E-state index in [1.165, 1.54) is 18.2 Å². The summed E-state index contributed by atoms with van der Waals surface area (Å²) in [5.74, 6) is -1.88. The Morgan fingerprint density at radius 1 is 1.10 bits per heavy atom. The van der Waals surface area contributed by atoms with Crippen molar-refractivity contribution in [2.45, 2.75) is 0 Å². The van der Waals surface area contributed by atoms with Crippen molar-refractivity contribution in [3.8, 4) is 0 Å². The lowest BCUT2D eigenvalue weighted by Crippen LogP contribution is -1.95. The number of nitrogen functional groups attached to an aromatic ring is 1. The molecule has 0 aliphatic carbocycles. The van der Waals surface area contributed by atoms with E-state index in [9.17, 15) is 9.59 Å². The second-order valence-corrected chi connectivity index (χ2v) is 3.89. The van der Waals surface area contributed by atoms with Crippen LogP contribution in [0.25, 0.3) is 6.08 Å². The molecule has 0 spiro atoms. The number of rotatable bonds is 3. The van der Waals surface area contributed by atoms with E-state index in [4.69, 9.17) is 15.9 Å². The average Bonchev–Trinajstić information content (AvgIpc) is 2.47. The first kappa shape index (κ1) is 15.9. The first-order chi connectivity index (χ1) is 9.99. The van der Waals surface area contributed by atoms with Gasteiger partial charge in [-0.2, -0.15) is 0 Å². The number of hydrogen-bond donors (Lipinski definition) is 3. The number of aromatic carboxylic acids is 1. The molecule has 0 fully saturated rings. The van der Waals surface area contributed by atoms with Crippen molar-refractivity contribution in [2.75, 3.05) is 5.73 Å². The summed E-state index contributed by atoms with van der Waals surface area (Å²) in [4.78, 5) is 24.2. The van der Waals surface area contributed by atoms with Crippen molar-refractivity contribution in [3.63, 3.8) is 0 Å². The Hall–Kier alpha value is -3.15. The Morgan fingerprint density at radius 2 is 1.76 bits per heavy atom. The van der Waals surface area contributed by atoms with Crippen LogP contribution in [0.1, 0.15) is 15.9 Å². The predicted octanol–water partition coefficient (Wildman–Crippen LogP) is 2.15. The zero-order valence-electron chi connectivity index (χ0n) is 11.0. The van der Waals surface area contributed by atoms with Gasteiger partial charge in [0.25, 0.3) is 0 Å². The van der Waals surface area contributed by atoms with Crippen molar-refractivity contribution in [2.24, 2.45) is 0 Å². The summed E-state index contributed by atoms with van der Waals surface area (Å²) < 4.78 is 0. The molecule has 0 aliphatic heterocycles.